The van der Waals surface area contributed by atoms with Crippen LogP contribution >= 0.6 is 0 Å². The Balaban J connectivity index is 1.73. The molecule has 6 nitrogen and oxygen atoms in total. The Morgan fingerprint density at radius 3 is 2.82 bits per heavy atom. The van der Waals surface area contributed by atoms with Gasteiger partial charge >= 0.3 is 0 Å². The molecule has 22 heavy (non-hydrogen) atoms. The number of allylic oxidation sites excluding steroid dienone is 1. The fourth-order valence-electron chi connectivity index (χ4n) is 3.46. The van der Waals surface area contributed by atoms with Gasteiger partial charge in [-0.05, 0) is 38.8 Å². The van der Waals surface area contributed by atoms with Gasteiger partial charge in [0.05, 0.1) is 22.0 Å². The average Bonchev–Trinajstić information content (AvgIpc) is 3.18. The zero-order valence-corrected chi connectivity index (χ0v) is 12.8. The number of nitrogens with zero attached hydrogens (tertiary/aromatic N) is 3. The summed E-state index contributed by atoms with van der Waals surface area (Å²) >= 11 is 0. The van der Waals surface area contributed by atoms with E-state index in [9.17, 15) is 0 Å². The molecule has 3 N–H and O–H groups in total. The number of hydrogen-bond acceptors (Lipinski definition) is 5. The van der Waals surface area contributed by atoms with Crippen molar-refractivity contribution in [2.45, 2.75) is 38.8 Å². The molecule has 2 aliphatic heterocycles. The Morgan fingerprint density at radius 1 is 1.23 bits per heavy atom. The first kappa shape index (κ1) is 12.3. The van der Waals surface area contributed by atoms with Gasteiger partial charge in [0.25, 0.3) is 0 Å². The summed E-state index contributed by atoms with van der Waals surface area (Å²) in [5, 5.41) is 9.68. The van der Waals surface area contributed by atoms with Crippen LogP contribution in [0.1, 0.15) is 38.4 Å². The predicted molar refractivity (Wildman–Crippen MR) is 84.9 cm³/mol. The molecule has 114 valence electrons. The number of fused-ring (bicyclic) bond motifs is 1. The van der Waals surface area contributed by atoms with Gasteiger partial charge in [-0.1, -0.05) is 0 Å². The second kappa shape index (κ2) is 4.16. The van der Waals surface area contributed by atoms with Crippen LogP contribution in [0.3, 0.4) is 0 Å². The summed E-state index contributed by atoms with van der Waals surface area (Å²) in [5.41, 5.74) is 14.7. The van der Waals surface area contributed by atoms with Gasteiger partial charge in [0.15, 0.2) is 0 Å². The van der Waals surface area contributed by atoms with E-state index in [1.54, 1.807) is 0 Å². The Bertz CT molecular complexity index is 837. The molecule has 0 aromatic carbocycles. The zero-order valence-electron chi connectivity index (χ0n) is 12.8. The van der Waals surface area contributed by atoms with Gasteiger partial charge in [-0.2, -0.15) is 5.10 Å². The third-order valence-corrected chi connectivity index (χ3v) is 4.73. The van der Waals surface area contributed by atoms with Gasteiger partial charge < -0.3 is 16.3 Å². The molecule has 6 heteroatoms. The van der Waals surface area contributed by atoms with Crippen molar-refractivity contribution in [1.82, 2.24) is 31.1 Å². The van der Waals surface area contributed by atoms with Crippen molar-refractivity contribution in [3.63, 3.8) is 0 Å². The summed E-state index contributed by atoms with van der Waals surface area (Å²) in [6, 6.07) is 1.03. The van der Waals surface area contributed by atoms with Gasteiger partial charge in [0.2, 0.25) is 0 Å². The first-order chi connectivity index (χ1) is 10.7. The van der Waals surface area contributed by atoms with Crippen LogP contribution in [0.2, 0.25) is 0 Å². The van der Waals surface area contributed by atoms with Crippen LogP contribution in [-0.2, 0) is 0 Å². The highest BCUT2D eigenvalue weighted by atomic mass is 15.6. The molecule has 5 rings (SSSR count). The highest BCUT2D eigenvalue weighted by Gasteiger charge is 2.36. The number of rotatable bonds is 2. The number of hydrazine groups is 2. The molecule has 0 atom stereocenters. The topological polar surface area (TPSA) is 57.2 Å². The van der Waals surface area contributed by atoms with Crippen molar-refractivity contribution in [3.05, 3.63) is 34.1 Å². The molecule has 3 heterocycles. The molecule has 1 fully saturated rings. The Labute approximate surface area is 128 Å². The summed E-state index contributed by atoms with van der Waals surface area (Å²) in [6.45, 7) is 5.28. The van der Waals surface area contributed by atoms with Crippen LogP contribution in [0.25, 0.3) is 17.5 Å². The third-order valence-electron chi connectivity index (χ3n) is 4.73. The van der Waals surface area contributed by atoms with Gasteiger partial charge in [-0.3, -0.25) is 4.68 Å². The summed E-state index contributed by atoms with van der Waals surface area (Å²) < 4.78 is 2.11. The predicted octanol–water partition coefficient (Wildman–Crippen LogP) is -0.318. The molecule has 4 aliphatic rings. The molecule has 1 aromatic rings. The lowest BCUT2D eigenvalue weighted by Gasteiger charge is -2.16. The van der Waals surface area contributed by atoms with Crippen LogP contribution < -0.4 is 26.8 Å². The number of hydrogen-bond donors (Lipinski definition) is 3. The molecular weight excluding hydrogens is 276 g/mol. The smallest absolute Gasteiger partial charge is 0.102 e. The molecule has 0 spiro atoms. The van der Waals surface area contributed by atoms with Crippen molar-refractivity contribution < 1.29 is 0 Å². The normalized spacial score (nSPS) is 22.6. The zero-order chi connectivity index (χ0) is 14.8. The Kier molecular flexibility index (Phi) is 2.34. The molecule has 0 unspecified atom stereocenters. The maximum absolute atomic E-state index is 4.95. The van der Waals surface area contributed by atoms with Crippen LogP contribution in [0.15, 0.2) is 17.8 Å². The monoisotopic (exact) mass is 296 g/mol. The van der Waals surface area contributed by atoms with E-state index in [4.69, 9.17) is 5.10 Å². The lowest BCUT2D eigenvalue weighted by molar-refractivity contribution is 0.252. The number of aromatic nitrogens is 2. The molecule has 0 amide bonds. The highest BCUT2D eigenvalue weighted by molar-refractivity contribution is 5.77. The molecule has 1 aromatic heterocycles. The van der Waals surface area contributed by atoms with Crippen LogP contribution in [-0.4, -0.2) is 27.4 Å². The fraction of sp³-hybridized carbons (Fsp3) is 0.438. The van der Waals surface area contributed by atoms with Gasteiger partial charge in [0.1, 0.15) is 5.69 Å². The van der Waals surface area contributed by atoms with Crippen molar-refractivity contribution in [2.75, 3.05) is 6.54 Å². The minimum Gasteiger partial charge on any atom is -0.318 e. The first-order valence-electron chi connectivity index (χ1n) is 8.02. The maximum Gasteiger partial charge on any atom is 0.102 e. The maximum atomic E-state index is 4.95. The molecular formula is C16H20N6. The average molecular weight is 296 g/mol. The standard InChI is InChI=1S/C16H20N6/c1-9(2)22-14-7-17-18-13-6-5-12-11(16(20-22)15(13)14)8-21(19-12)10-3-4-10/h5-7,9-10,17-19H,3-4,8H2,1-2H3. The summed E-state index contributed by atoms with van der Waals surface area (Å²) in [5.74, 6) is 0. The van der Waals surface area contributed by atoms with Crippen molar-refractivity contribution >= 4 is 17.5 Å². The summed E-state index contributed by atoms with van der Waals surface area (Å²) in [4.78, 5) is 0. The van der Waals surface area contributed by atoms with E-state index >= 15 is 0 Å². The second-order valence-electron chi connectivity index (χ2n) is 6.67. The molecule has 0 saturated heterocycles. The lowest BCUT2D eigenvalue weighted by Crippen LogP contribution is -2.45. The van der Waals surface area contributed by atoms with Crippen molar-refractivity contribution in [2.24, 2.45) is 0 Å². The molecule has 1 saturated carbocycles. The van der Waals surface area contributed by atoms with Crippen molar-refractivity contribution in [3.8, 4) is 0 Å². The molecule has 0 bridgehead atoms. The van der Waals surface area contributed by atoms with E-state index in [1.807, 2.05) is 6.20 Å². The molecule has 2 aliphatic carbocycles. The lowest BCUT2D eigenvalue weighted by atomic mass is 10.1. The largest absolute Gasteiger partial charge is 0.318 e. The van der Waals surface area contributed by atoms with E-state index in [-0.39, 0.29) is 0 Å². The van der Waals surface area contributed by atoms with Crippen LogP contribution in [0.4, 0.5) is 0 Å². The second-order valence-corrected chi connectivity index (χ2v) is 6.67. The Hall–Kier alpha value is -2.21. The molecule has 0 radical (unpaired) electrons. The van der Waals surface area contributed by atoms with E-state index in [2.05, 4.69) is 52.0 Å². The van der Waals surface area contributed by atoms with Crippen molar-refractivity contribution in [1.29, 1.82) is 0 Å². The summed E-state index contributed by atoms with van der Waals surface area (Å²) in [7, 11) is 0. The van der Waals surface area contributed by atoms with Gasteiger partial charge in [0, 0.05) is 30.4 Å². The summed E-state index contributed by atoms with van der Waals surface area (Å²) in [6.07, 6.45) is 8.91. The highest BCUT2D eigenvalue weighted by Crippen LogP contribution is 2.32. The third kappa shape index (κ3) is 1.61. The van der Waals surface area contributed by atoms with E-state index in [0.717, 1.165) is 23.3 Å². The SMILES string of the molecule is CC(C)n1nc2c3c1=CNNC=3C=CC1=C2CN(C2CC2)N1. The number of nitrogens with one attached hydrogen (secondary N) is 3. The fourth-order valence-corrected chi connectivity index (χ4v) is 3.46. The van der Waals surface area contributed by atoms with E-state index in [1.165, 1.54) is 29.3 Å². The van der Waals surface area contributed by atoms with E-state index in [0.29, 0.717) is 12.1 Å². The minimum absolute atomic E-state index is 0.334. The van der Waals surface area contributed by atoms with Gasteiger partial charge in [-0.25, -0.2) is 5.01 Å². The van der Waals surface area contributed by atoms with E-state index < -0.39 is 0 Å². The van der Waals surface area contributed by atoms with Crippen LogP contribution in [0, 0.1) is 0 Å². The minimum atomic E-state index is 0.334. The Morgan fingerprint density at radius 2 is 2.05 bits per heavy atom. The quantitative estimate of drug-likeness (QED) is 0.698. The first-order valence-corrected chi connectivity index (χ1v) is 8.02. The van der Waals surface area contributed by atoms with Gasteiger partial charge in [-0.15, -0.1) is 0 Å². The van der Waals surface area contributed by atoms with Crippen LogP contribution in [0.5, 0.6) is 0 Å².